The number of nitrogens with zero attached hydrogens (tertiary/aromatic N) is 1. The third kappa shape index (κ3) is 4.09. The van der Waals surface area contributed by atoms with Gasteiger partial charge in [0.2, 0.25) is 0 Å². The molecule has 0 radical (unpaired) electrons. The minimum absolute atomic E-state index is 0.391. The smallest absolute Gasteiger partial charge is 0.0474 e. The Bertz CT molecular complexity index is 167. The fourth-order valence-corrected chi connectivity index (χ4v) is 2.49. The van der Waals surface area contributed by atoms with Crippen molar-refractivity contribution in [3.8, 4) is 0 Å². The van der Waals surface area contributed by atoms with Crippen LogP contribution in [0.3, 0.4) is 0 Å². The Kier molecular flexibility index (Phi) is 5.58. The van der Waals surface area contributed by atoms with E-state index in [4.69, 9.17) is 4.74 Å². The van der Waals surface area contributed by atoms with Gasteiger partial charge in [-0.2, -0.15) is 0 Å². The summed E-state index contributed by atoms with van der Waals surface area (Å²) in [5.41, 5.74) is 0.391. The Morgan fingerprint density at radius 1 is 1.47 bits per heavy atom. The molecule has 1 heterocycles. The van der Waals surface area contributed by atoms with Crippen molar-refractivity contribution in [1.82, 2.24) is 10.2 Å². The third-order valence-electron chi connectivity index (χ3n) is 3.47. The summed E-state index contributed by atoms with van der Waals surface area (Å²) in [4.78, 5) is 2.43. The first-order chi connectivity index (χ1) is 7.22. The van der Waals surface area contributed by atoms with Crippen LogP contribution in [-0.4, -0.2) is 50.8 Å². The lowest BCUT2D eigenvalue weighted by atomic mass is 9.93. The van der Waals surface area contributed by atoms with Gasteiger partial charge in [-0.1, -0.05) is 6.92 Å². The van der Waals surface area contributed by atoms with Crippen molar-refractivity contribution in [3.05, 3.63) is 0 Å². The lowest BCUT2D eigenvalue weighted by Crippen LogP contribution is -2.48. The Morgan fingerprint density at radius 3 is 2.80 bits per heavy atom. The second-order valence-electron chi connectivity index (χ2n) is 4.75. The highest BCUT2D eigenvalue weighted by molar-refractivity contribution is 4.93. The van der Waals surface area contributed by atoms with Crippen LogP contribution < -0.4 is 5.32 Å². The summed E-state index contributed by atoms with van der Waals surface area (Å²) in [5, 5.41) is 3.67. The van der Waals surface area contributed by atoms with Crippen LogP contribution in [0.4, 0.5) is 0 Å². The van der Waals surface area contributed by atoms with Crippen molar-refractivity contribution < 1.29 is 4.74 Å². The van der Waals surface area contributed by atoms with Crippen LogP contribution in [0, 0.1) is 0 Å². The highest BCUT2D eigenvalue weighted by Crippen LogP contribution is 2.23. The molecule has 1 aliphatic rings. The topological polar surface area (TPSA) is 24.5 Å². The summed E-state index contributed by atoms with van der Waals surface area (Å²) < 4.78 is 5.07. The van der Waals surface area contributed by atoms with Crippen molar-refractivity contribution in [3.63, 3.8) is 0 Å². The monoisotopic (exact) mass is 214 g/mol. The molecule has 0 aromatic heterocycles. The van der Waals surface area contributed by atoms with E-state index in [-0.39, 0.29) is 0 Å². The van der Waals surface area contributed by atoms with Crippen LogP contribution in [0.15, 0.2) is 0 Å². The minimum atomic E-state index is 0.391. The van der Waals surface area contributed by atoms with E-state index >= 15 is 0 Å². The molecule has 3 heteroatoms. The zero-order valence-corrected chi connectivity index (χ0v) is 10.5. The van der Waals surface area contributed by atoms with Gasteiger partial charge in [-0.15, -0.1) is 0 Å². The van der Waals surface area contributed by atoms with Crippen LogP contribution in [0.1, 0.15) is 32.6 Å². The molecule has 0 aliphatic carbocycles. The van der Waals surface area contributed by atoms with Crippen molar-refractivity contribution in [2.75, 3.05) is 40.4 Å². The summed E-state index contributed by atoms with van der Waals surface area (Å²) in [5.74, 6) is 0. The van der Waals surface area contributed by atoms with E-state index < -0.39 is 0 Å². The first-order valence-corrected chi connectivity index (χ1v) is 6.15. The maximum atomic E-state index is 5.07. The van der Waals surface area contributed by atoms with Gasteiger partial charge < -0.3 is 15.0 Å². The number of hydrogen-bond acceptors (Lipinski definition) is 3. The quantitative estimate of drug-likeness (QED) is 0.650. The molecule has 1 fully saturated rings. The number of rotatable bonds is 7. The molecule has 0 aromatic carbocycles. The number of methoxy groups -OCH3 is 1. The van der Waals surface area contributed by atoms with Gasteiger partial charge >= 0.3 is 0 Å². The van der Waals surface area contributed by atoms with E-state index in [9.17, 15) is 0 Å². The SMILES string of the molecule is CCC1(CN(C)CCCOC)CCCN1. The molecule has 1 unspecified atom stereocenters. The van der Waals surface area contributed by atoms with Gasteiger partial charge in [0, 0.05) is 32.3 Å². The van der Waals surface area contributed by atoms with Crippen molar-refractivity contribution in [2.45, 2.75) is 38.1 Å². The van der Waals surface area contributed by atoms with E-state index in [0.29, 0.717) is 5.54 Å². The fraction of sp³-hybridized carbons (Fsp3) is 1.00. The van der Waals surface area contributed by atoms with Crippen molar-refractivity contribution in [1.29, 1.82) is 0 Å². The molecule has 15 heavy (non-hydrogen) atoms. The predicted molar refractivity (Wildman–Crippen MR) is 64.2 cm³/mol. The number of ether oxygens (including phenoxy) is 1. The molecular weight excluding hydrogens is 188 g/mol. The molecule has 3 nitrogen and oxygen atoms in total. The Labute approximate surface area is 94.2 Å². The van der Waals surface area contributed by atoms with E-state index in [1.165, 1.54) is 32.4 Å². The normalized spacial score (nSPS) is 26.4. The summed E-state index contributed by atoms with van der Waals surface area (Å²) in [6.07, 6.45) is 5.03. The first-order valence-electron chi connectivity index (χ1n) is 6.15. The maximum absolute atomic E-state index is 5.07. The molecule has 1 N–H and O–H groups in total. The number of hydrogen-bond donors (Lipinski definition) is 1. The van der Waals surface area contributed by atoms with Gasteiger partial charge in [0.1, 0.15) is 0 Å². The largest absolute Gasteiger partial charge is 0.385 e. The molecule has 1 rings (SSSR count). The van der Waals surface area contributed by atoms with E-state index in [1.54, 1.807) is 7.11 Å². The summed E-state index contributed by atoms with van der Waals surface area (Å²) >= 11 is 0. The van der Waals surface area contributed by atoms with Crippen molar-refractivity contribution >= 4 is 0 Å². The average Bonchev–Trinajstić information content (AvgIpc) is 2.67. The summed E-state index contributed by atoms with van der Waals surface area (Å²) in [6, 6.07) is 0. The maximum Gasteiger partial charge on any atom is 0.0474 e. The Hall–Kier alpha value is -0.120. The van der Waals surface area contributed by atoms with E-state index in [2.05, 4.69) is 24.2 Å². The van der Waals surface area contributed by atoms with Gasteiger partial charge in [0.15, 0.2) is 0 Å². The van der Waals surface area contributed by atoms with Crippen LogP contribution in [0.25, 0.3) is 0 Å². The minimum Gasteiger partial charge on any atom is -0.385 e. The van der Waals surface area contributed by atoms with Gasteiger partial charge in [-0.25, -0.2) is 0 Å². The molecular formula is C12H26N2O. The second-order valence-corrected chi connectivity index (χ2v) is 4.75. The number of likely N-dealkylation sites (N-methyl/N-ethyl adjacent to an activating group) is 1. The zero-order chi connectivity index (χ0) is 11.1. The summed E-state index contributed by atoms with van der Waals surface area (Å²) in [6.45, 7) is 6.67. The van der Waals surface area contributed by atoms with Crippen LogP contribution in [0.5, 0.6) is 0 Å². The summed E-state index contributed by atoms with van der Waals surface area (Å²) in [7, 11) is 3.99. The van der Waals surface area contributed by atoms with Crippen LogP contribution >= 0.6 is 0 Å². The fourth-order valence-electron chi connectivity index (χ4n) is 2.49. The van der Waals surface area contributed by atoms with Gasteiger partial charge in [-0.3, -0.25) is 0 Å². The van der Waals surface area contributed by atoms with Crippen LogP contribution in [-0.2, 0) is 4.74 Å². The molecule has 1 aliphatic heterocycles. The molecule has 1 atom stereocenters. The Morgan fingerprint density at radius 2 is 2.27 bits per heavy atom. The average molecular weight is 214 g/mol. The standard InChI is InChI=1S/C12H26N2O/c1-4-12(7-5-8-13-12)11-14(2)9-6-10-15-3/h13H,4-11H2,1-3H3. The number of nitrogens with one attached hydrogen (secondary N) is 1. The van der Waals surface area contributed by atoms with Gasteiger partial charge in [0.05, 0.1) is 0 Å². The van der Waals surface area contributed by atoms with Gasteiger partial charge in [-0.05, 0) is 39.3 Å². The highest BCUT2D eigenvalue weighted by atomic mass is 16.5. The molecule has 1 saturated heterocycles. The molecule has 0 aromatic rings. The Balaban J connectivity index is 2.25. The van der Waals surface area contributed by atoms with Crippen molar-refractivity contribution in [2.24, 2.45) is 0 Å². The van der Waals surface area contributed by atoms with E-state index in [1.807, 2.05) is 0 Å². The first kappa shape index (κ1) is 12.9. The molecule has 0 bridgehead atoms. The second kappa shape index (κ2) is 6.46. The molecule has 0 amide bonds. The zero-order valence-electron chi connectivity index (χ0n) is 10.5. The van der Waals surface area contributed by atoms with Crippen LogP contribution in [0.2, 0.25) is 0 Å². The lowest BCUT2D eigenvalue weighted by Gasteiger charge is -2.33. The van der Waals surface area contributed by atoms with Gasteiger partial charge in [0.25, 0.3) is 0 Å². The molecule has 90 valence electrons. The highest BCUT2D eigenvalue weighted by Gasteiger charge is 2.32. The van der Waals surface area contributed by atoms with E-state index in [0.717, 1.165) is 19.6 Å². The third-order valence-corrected chi connectivity index (χ3v) is 3.47. The molecule has 0 saturated carbocycles. The lowest BCUT2D eigenvalue weighted by molar-refractivity contribution is 0.164. The predicted octanol–water partition coefficient (Wildman–Crippen LogP) is 1.49. The molecule has 0 spiro atoms.